The second kappa shape index (κ2) is 16.5. The van der Waals surface area contributed by atoms with E-state index in [0.717, 1.165) is 53.5 Å². The third-order valence-corrected chi connectivity index (χ3v) is 8.67. The number of nitrogens with zero attached hydrogens (tertiary/aromatic N) is 2. The van der Waals surface area contributed by atoms with E-state index in [9.17, 15) is 10.2 Å². The summed E-state index contributed by atoms with van der Waals surface area (Å²) >= 11 is -2.03. The molecule has 7 heteroatoms. The third-order valence-electron chi connectivity index (χ3n) is 8.67. The van der Waals surface area contributed by atoms with E-state index in [0.29, 0.717) is 11.4 Å². The van der Waals surface area contributed by atoms with Crippen LogP contribution in [0.3, 0.4) is 0 Å². The quantitative estimate of drug-likeness (QED) is 0.173. The summed E-state index contributed by atoms with van der Waals surface area (Å²) in [5, 5.41) is 23.5. The second-order valence-corrected chi connectivity index (χ2v) is 11.8. The molecule has 242 valence electrons. The van der Waals surface area contributed by atoms with Crippen LogP contribution in [0.1, 0.15) is 63.7 Å². The number of benzene rings is 4. The third kappa shape index (κ3) is 7.27. The van der Waals surface area contributed by atoms with Gasteiger partial charge in [0, 0.05) is 12.4 Å². The number of rotatable bonds is 6. The number of pyridine rings is 2. The van der Waals surface area contributed by atoms with Gasteiger partial charge < -0.3 is 10.2 Å². The summed E-state index contributed by atoms with van der Waals surface area (Å²) in [4.78, 5) is 8.92. The molecule has 0 saturated heterocycles. The van der Waals surface area contributed by atoms with E-state index in [1.54, 1.807) is 12.4 Å². The molecule has 0 aliphatic heterocycles. The standard InChI is InChI=1S/C21H21NO.C20H17NO.Mo.2O/c1-2-10-17-11-6-7-14-19(17)21(23,18-12-4-3-5-13-18)20-15-8-9-16-22-20;22-20(19-11-5-6-14-21-19)17-9-3-1-7-15(17)12-13-16-8-2-4-10-18(16)20;;;/h3-9,11-16,23H,2,10H2,1H3;1-11,14,22H,12-13H2;;;. The molecular weight excluding hydrogens is 680 g/mol. The molecule has 7 rings (SSSR count). The Morgan fingerprint density at radius 2 is 1.19 bits per heavy atom. The molecule has 2 heterocycles. The van der Waals surface area contributed by atoms with Gasteiger partial charge in [-0.25, -0.2) is 0 Å². The number of hydrogen-bond donors (Lipinski definition) is 2. The number of aliphatic hydroxyl groups is 2. The van der Waals surface area contributed by atoms with Gasteiger partial charge in [0.1, 0.15) is 0 Å². The Bertz CT molecular complexity index is 1860. The normalized spacial score (nSPS) is 13.8. The molecule has 1 atom stereocenters. The molecule has 1 aliphatic carbocycles. The summed E-state index contributed by atoms with van der Waals surface area (Å²) in [6.07, 6.45) is 7.29. The fourth-order valence-corrected chi connectivity index (χ4v) is 6.51. The van der Waals surface area contributed by atoms with Crippen molar-refractivity contribution < 1.29 is 35.5 Å². The fraction of sp³-hybridized carbons (Fsp3) is 0.171. The monoisotopic (exact) mass is 720 g/mol. The average molecular weight is 719 g/mol. The molecule has 2 aromatic heterocycles. The van der Waals surface area contributed by atoms with Crippen molar-refractivity contribution in [2.75, 3.05) is 0 Å². The van der Waals surface area contributed by atoms with Gasteiger partial charge in [0.2, 0.25) is 0 Å². The molecule has 6 aromatic rings. The first-order valence-electron chi connectivity index (χ1n) is 16.0. The molecule has 0 spiro atoms. The predicted octanol–water partition coefficient (Wildman–Crippen LogP) is 7.54. The zero-order valence-corrected chi connectivity index (χ0v) is 28.8. The van der Waals surface area contributed by atoms with Crippen molar-refractivity contribution in [2.24, 2.45) is 0 Å². The van der Waals surface area contributed by atoms with Crippen molar-refractivity contribution in [1.29, 1.82) is 0 Å². The van der Waals surface area contributed by atoms with Crippen LogP contribution in [0.15, 0.2) is 152 Å². The van der Waals surface area contributed by atoms with Crippen LogP contribution in [0.4, 0.5) is 0 Å². The molecule has 1 unspecified atom stereocenters. The van der Waals surface area contributed by atoms with Gasteiger partial charge in [0.05, 0.1) is 11.4 Å². The first kappa shape index (κ1) is 34.7. The summed E-state index contributed by atoms with van der Waals surface area (Å²) in [6, 6.07) is 45.5. The predicted molar refractivity (Wildman–Crippen MR) is 181 cm³/mol. The van der Waals surface area contributed by atoms with Crippen LogP contribution in [0, 0.1) is 0 Å². The minimum absolute atomic E-state index is 0.648. The van der Waals surface area contributed by atoms with Gasteiger partial charge in [-0.2, -0.15) is 0 Å². The van der Waals surface area contributed by atoms with Gasteiger partial charge in [-0.05, 0) is 82.5 Å². The van der Waals surface area contributed by atoms with Crippen molar-refractivity contribution in [3.05, 3.63) is 202 Å². The molecule has 6 nitrogen and oxygen atoms in total. The van der Waals surface area contributed by atoms with Crippen molar-refractivity contribution in [1.82, 2.24) is 9.97 Å². The number of aromatic nitrogens is 2. The van der Waals surface area contributed by atoms with Crippen LogP contribution in [-0.4, -0.2) is 20.2 Å². The Balaban J connectivity index is 0.000000174. The molecule has 0 radical (unpaired) electrons. The molecule has 0 bridgehead atoms. The second-order valence-electron chi connectivity index (χ2n) is 11.5. The van der Waals surface area contributed by atoms with E-state index in [1.807, 2.05) is 121 Å². The van der Waals surface area contributed by atoms with Crippen LogP contribution in [-0.2, 0) is 55.7 Å². The van der Waals surface area contributed by atoms with Gasteiger partial charge in [0.25, 0.3) is 0 Å². The summed E-state index contributed by atoms with van der Waals surface area (Å²) < 4.78 is 17.0. The Hall–Kier alpha value is -4.61. The zero-order chi connectivity index (χ0) is 33.8. The van der Waals surface area contributed by atoms with Crippen molar-refractivity contribution >= 4 is 0 Å². The molecule has 2 N–H and O–H groups in total. The summed E-state index contributed by atoms with van der Waals surface area (Å²) in [5.41, 5.74) is 6.06. The summed E-state index contributed by atoms with van der Waals surface area (Å²) in [6.45, 7) is 2.15. The Kier molecular flexibility index (Phi) is 11.9. The van der Waals surface area contributed by atoms with Crippen LogP contribution >= 0.6 is 0 Å². The average Bonchev–Trinajstić information content (AvgIpc) is 3.28. The van der Waals surface area contributed by atoms with Gasteiger partial charge in [-0.3, -0.25) is 9.97 Å². The van der Waals surface area contributed by atoms with E-state index in [-0.39, 0.29) is 0 Å². The van der Waals surface area contributed by atoms with Gasteiger partial charge in [-0.1, -0.05) is 129 Å². The maximum atomic E-state index is 11.8. The molecule has 48 heavy (non-hydrogen) atoms. The molecule has 0 saturated carbocycles. The van der Waals surface area contributed by atoms with E-state index in [4.69, 9.17) is 6.80 Å². The van der Waals surface area contributed by atoms with E-state index in [2.05, 4.69) is 35.1 Å². The van der Waals surface area contributed by atoms with E-state index < -0.39 is 29.7 Å². The van der Waals surface area contributed by atoms with Gasteiger partial charge >= 0.3 is 25.3 Å². The first-order valence-corrected chi connectivity index (χ1v) is 17.6. The minimum atomic E-state index is -2.03. The Morgan fingerprint density at radius 1 is 0.667 bits per heavy atom. The topological polar surface area (TPSA) is 100 Å². The number of aryl methyl sites for hydroxylation is 3. The fourth-order valence-electron chi connectivity index (χ4n) is 6.51. The maximum absolute atomic E-state index is 11.8. The molecule has 1 aliphatic rings. The molecule has 0 fully saturated rings. The van der Waals surface area contributed by atoms with Crippen LogP contribution < -0.4 is 0 Å². The van der Waals surface area contributed by atoms with Crippen LogP contribution in [0.5, 0.6) is 0 Å². The number of hydrogen-bond acceptors (Lipinski definition) is 6. The summed E-state index contributed by atoms with van der Waals surface area (Å²) in [5.74, 6) is 0. The van der Waals surface area contributed by atoms with Crippen molar-refractivity contribution in [3.63, 3.8) is 0 Å². The Labute approximate surface area is 290 Å². The SMILES string of the molecule is CCCc1ccccc1C(O)(c1ccccc1)c1ccccn1.OC1(c2ccccn2)c2ccccc2CCc2ccccc21.[O]=[Mo]=[O]. The molecule has 4 aromatic carbocycles. The van der Waals surface area contributed by atoms with E-state index >= 15 is 0 Å². The Morgan fingerprint density at radius 3 is 1.75 bits per heavy atom. The number of fused-ring (bicyclic) bond motifs is 2. The first-order chi connectivity index (χ1) is 23.5. The molecule has 0 amide bonds. The summed E-state index contributed by atoms with van der Waals surface area (Å²) in [7, 11) is 0. The molecular formula is C41H38MoN2O4. The van der Waals surface area contributed by atoms with Gasteiger partial charge in [-0.15, -0.1) is 0 Å². The van der Waals surface area contributed by atoms with Crippen LogP contribution in [0.2, 0.25) is 0 Å². The van der Waals surface area contributed by atoms with Crippen molar-refractivity contribution in [3.8, 4) is 0 Å². The zero-order valence-electron chi connectivity index (χ0n) is 26.8. The van der Waals surface area contributed by atoms with Crippen LogP contribution in [0.25, 0.3) is 0 Å². The van der Waals surface area contributed by atoms with E-state index in [1.165, 1.54) is 11.1 Å². The van der Waals surface area contributed by atoms with Crippen molar-refractivity contribution in [2.45, 2.75) is 43.8 Å². The van der Waals surface area contributed by atoms with Gasteiger partial charge in [0.15, 0.2) is 11.2 Å².